The minimum absolute atomic E-state index is 0.0660. The number of hydrogen-bond donors (Lipinski definition) is 3. The first-order chi connectivity index (χ1) is 18.4. The largest absolute Gasteiger partial charge is 0.405 e. The Morgan fingerprint density at radius 3 is 2.69 bits per heavy atom. The van der Waals surface area contributed by atoms with E-state index in [1.165, 1.54) is 11.1 Å². The Hall–Kier alpha value is -4.16. The van der Waals surface area contributed by atoms with Crippen LogP contribution in [0.4, 0.5) is 24.5 Å². The van der Waals surface area contributed by atoms with Gasteiger partial charge in [-0.05, 0) is 25.1 Å². The van der Waals surface area contributed by atoms with Crippen LogP contribution in [-0.2, 0) is 20.9 Å². The lowest BCUT2D eigenvalue weighted by Crippen LogP contribution is -2.50. The van der Waals surface area contributed by atoms with Gasteiger partial charge in [0, 0.05) is 44.3 Å². The molecule has 0 unspecified atom stereocenters. The lowest BCUT2D eigenvalue weighted by molar-refractivity contribution is -0.135. The summed E-state index contributed by atoms with van der Waals surface area (Å²) in [6.45, 7) is 1.32. The summed E-state index contributed by atoms with van der Waals surface area (Å²) in [6, 6.07) is 8.37. The Labute approximate surface area is 224 Å². The van der Waals surface area contributed by atoms with Crippen molar-refractivity contribution in [1.29, 1.82) is 5.26 Å². The molecule has 0 aliphatic carbocycles. The molecule has 1 saturated heterocycles. The number of alkyl halides is 3. The first-order valence-electron chi connectivity index (χ1n) is 11.7. The molecular weight excluding hydrogens is 539 g/mol. The van der Waals surface area contributed by atoms with E-state index in [1.807, 2.05) is 0 Å². The highest BCUT2D eigenvalue weighted by Gasteiger charge is 2.29. The molecule has 208 valence electrons. The van der Waals surface area contributed by atoms with Crippen molar-refractivity contribution < 1.29 is 27.6 Å². The van der Waals surface area contributed by atoms with Gasteiger partial charge in [0.2, 0.25) is 11.8 Å². The van der Waals surface area contributed by atoms with Crippen LogP contribution in [0.25, 0.3) is 11.8 Å². The minimum Gasteiger partial charge on any atom is -0.360 e. The normalized spacial score (nSPS) is 15.3. The highest BCUT2D eigenvalue weighted by molar-refractivity contribution is 7.07. The van der Waals surface area contributed by atoms with E-state index in [0.717, 1.165) is 15.9 Å². The van der Waals surface area contributed by atoms with Crippen molar-refractivity contribution in [3.63, 3.8) is 0 Å². The SMILES string of the molecule is CCn1c(=C(C#N)C(=O)NCC(F)(F)F)sc(=CNc2cccc(N(C)C(=O)CN3CCNC(=O)C3)c2)c1=O. The Morgan fingerprint density at radius 1 is 1.31 bits per heavy atom. The van der Waals surface area contributed by atoms with E-state index in [4.69, 9.17) is 0 Å². The molecule has 0 saturated carbocycles. The predicted molar refractivity (Wildman–Crippen MR) is 139 cm³/mol. The fourth-order valence-corrected chi connectivity index (χ4v) is 4.76. The number of benzene rings is 1. The zero-order valence-electron chi connectivity index (χ0n) is 21.1. The van der Waals surface area contributed by atoms with Gasteiger partial charge in [0.25, 0.3) is 11.5 Å². The van der Waals surface area contributed by atoms with Gasteiger partial charge in [-0.2, -0.15) is 18.4 Å². The molecule has 3 N–H and O–H groups in total. The van der Waals surface area contributed by atoms with Gasteiger partial charge in [-0.15, -0.1) is 11.3 Å². The van der Waals surface area contributed by atoms with Gasteiger partial charge in [0.15, 0.2) is 5.57 Å². The summed E-state index contributed by atoms with van der Waals surface area (Å²) in [6.07, 6.45) is -3.30. The van der Waals surface area contributed by atoms with E-state index in [0.29, 0.717) is 24.5 Å². The van der Waals surface area contributed by atoms with Crippen LogP contribution in [0, 0.1) is 11.3 Å². The molecule has 1 aliphatic rings. The average Bonchev–Trinajstić information content (AvgIpc) is 3.20. The first-order valence-corrected chi connectivity index (χ1v) is 12.6. The minimum atomic E-state index is -4.66. The van der Waals surface area contributed by atoms with Crippen LogP contribution in [0.5, 0.6) is 0 Å². The number of rotatable bonds is 8. The molecule has 1 fully saturated rings. The number of likely N-dealkylation sites (N-methyl/N-ethyl adjacent to an activating group) is 1. The van der Waals surface area contributed by atoms with Gasteiger partial charge in [-0.1, -0.05) is 6.07 Å². The van der Waals surface area contributed by atoms with Crippen molar-refractivity contribution in [2.24, 2.45) is 0 Å². The van der Waals surface area contributed by atoms with E-state index in [9.17, 15) is 37.6 Å². The maximum atomic E-state index is 12.9. The third-order valence-corrected chi connectivity index (χ3v) is 6.81. The highest BCUT2D eigenvalue weighted by Crippen LogP contribution is 2.19. The number of carbonyl (C=O) groups is 3. The lowest BCUT2D eigenvalue weighted by Gasteiger charge is -2.28. The maximum Gasteiger partial charge on any atom is 0.405 e. The molecule has 0 spiro atoms. The number of amides is 3. The number of nitrogens with one attached hydrogen (secondary N) is 3. The van der Waals surface area contributed by atoms with Gasteiger partial charge in [0.1, 0.15) is 21.8 Å². The van der Waals surface area contributed by atoms with E-state index < -0.39 is 29.8 Å². The lowest BCUT2D eigenvalue weighted by atomic mass is 10.2. The number of carbonyl (C=O) groups excluding carboxylic acids is 3. The van der Waals surface area contributed by atoms with Crippen LogP contribution >= 0.6 is 11.3 Å². The van der Waals surface area contributed by atoms with Crippen LogP contribution in [0.1, 0.15) is 6.92 Å². The molecular formula is C24H26F3N7O4S. The summed E-state index contributed by atoms with van der Waals surface area (Å²) in [5.41, 5.74) is -0.0556. The number of nitrogens with zero attached hydrogens (tertiary/aromatic N) is 4. The van der Waals surface area contributed by atoms with Crippen LogP contribution in [0.3, 0.4) is 0 Å². The Morgan fingerprint density at radius 2 is 2.05 bits per heavy atom. The van der Waals surface area contributed by atoms with Gasteiger partial charge < -0.3 is 20.9 Å². The summed E-state index contributed by atoms with van der Waals surface area (Å²) < 4.78 is 38.7. The zero-order chi connectivity index (χ0) is 28.7. The van der Waals surface area contributed by atoms with Gasteiger partial charge in [0.05, 0.1) is 13.1 Å². The van der Waals surface area contributed by atoms with Gasteiger partial charge in [-0.3, -0.25) is 28.6 Å². The number of thiazole rings is 1. The smallest absolute Gasteiger partial charge is 0.360 e. The summed E-state index contributed by atoms with van der Waals surface area (Å²) in [5.74, 6) is -1.59. The second kappa shape index (κ2) is 12.6. The summed E-state index contributed by atoms with van der Waals surface area (Å²) >= 11 is 0.787. The third-order valence-electron chi connectivity index (χ3n) is 5.68. The van der Waals surface area contributed by atoms with E-state index in [2.05, 4.69) is 10.6 Å². The number of piperazine rings is 1. The predicted octanol–water partition coefficient (Wildman–Crippen LogP) is -0.473. The summed E-state index contributed by atoms with van der Waals surface area (Å²) in [5, 5.41) is 16.7. The number of hydrogen-bond acceptors (Lipinski definition) is 8. The fourth-order valence-electron chi connectivity index (χ4n) is 3.68. The van der Waals surface area contributed by atoms with E-state index in [-0.39, 0.29) is 40.6 Å². The topological polar surface area (TPSA) is 140 Å². The molecule has 2 heterocycles. The Kier molecular flexibility index (Phi) is 9.49. The van der Waals surface area contributed by atoms with Gasteiger partial charge in [-0.25, -0.2) is 0 Å². The Bertz CT molecular complexity index is 1480. The molecule has 3 amide bonds. The van der Waals surface area contributed by atoms with Crippen molar-refractivity contribution in [3.05, 3.63) is 43.8 Å². The van der Waals surface area contributed by atoms with Crippen LogP contribution < -0.4 is 35.6 Å². The molecule has 39 heavy (non-hydrogen) atoms. The van der Waals surface area contributed by atoms with Gasteiger partial charge >= 0.3 is 6.18 Å². The molecule has 0 radical (unpaired) electrons. The molecule has 0 atom stereocenters. The number of anilines is 2. The second-order valence-electron chi connectivity index (χ2n) is 8.46. The second-order valence-corrected chi connectivity index (χ2v) is 9.49. The molecule has 11 nitrogen and oxygen atoms in total. The number of nitriles is 1. The molecule has 0 bridgehead atoms. The number of aromatic nitrogens is 1. The van der Waals surface area contributed by atoms with E-state index in [1.54, 1.807) is 54.5 Å². The van der Waals surface area contributed by atoms with Crippen LogP contribution in [0.15, 0.2) is 29.1 Å². The average molecular weight is 566 g/mol. The highest BCUT2D eigenvalue weighted by atomic mass is 32.1. The molecule has 1 aromatic heterocycles. The summed E-state index contributed by atoms with van der Waals surface area (Å²) in [4.78, 5) is 52.6. The Balaban J connectivity index is 1.83. The van der Waals surface area contributed by atoms with Crippen molar-refractivity contribution >= 4 is 52.2 Å². The molecule has 3 rings (SSSR count). The molecule has 15 heteroatoms. The first kappa shape index (κ1) is 29.4. The van der Waals surface area contributed by atoms with Crippen molar-refractivity contribution in [2.45, 2.75) is 19.6 Å². The quantitative estimate of drug-likeness (QED) is 0.393. The van der Waals surface area contributed by atoms with Crippen molar-refractivity contribution in [3.8, 4) is 6.07 Å². The van der Waals surface area contributed by atoms with Crippen LogP contribution in [0.2, 0.25) is 0 Å². The zero-order valence-corrected chi connectivity index (χ0v) is 21.9. The maximum absolute atomic E-state index is 12.9. The summed E-state index contributed by atoms with van der Waals surface area (Å²) in [7, 11) is 1.60. The number of halogens is 3. The molecule has 1 aromatic carbocycles. The molecule has 2 aromatic rings. The fraction of sp³-hybridized carbons (Fsp3) is 0.375. The van der Waals surface area contributed by atoms with Crippen molar-refractivity contribution in [2.75, 3.05) is 50.0 Å². The monoisotopic (exact) mass is 565 g/mol. The van der Waals surface area contributed by atoms with Crippen LogP contribution in [-0.4, -0.2) is 73.1 Å². The van der Waals surface area contributed by atoms with Crippen molar-refractivity contribution in [1.82, 2.24) is 20.1 Å². The molecule has 1 aliphatic heterocycles. The standard InChI is InChI=1S/C24H26F3N7O4S/c1-3-34-22(38)18(39-23(34)17(10-28)21(37)31-14-24(25,26)27)11-30-15-5-4-6-16(9-15)32(2)20(36)13-33-8-7-29-19(35)12-33/h4-6,9,11,30H,3,7-8,12-14H2,1-2H3,(H,29,35)(H,31,37). The third kappa shape index (κ3) is 7.68. The van der Waals surface area contributed by atoms with E-state index >= 15 is 0 Å².